The Balaban J connectivity index is 1.55. The summed E-state index contributed by atoms with van der Waals surface area (Å²) in [5.74, 6) is -4.40. The maximum Gasteiger partial charge on any atom is 0.407 e. The Kier molecular flexibility index (Phi) is 9.64. The number of amides is 1. The lowest BCUT2D eigenvalue weighted by Gasteiger charge is -2.42. The molecule has 5 N–H and O–H groups in total. The van der Waals surface area contributed by atoms with Crippen molar-refractivity contribution in [3.05, 3.63) is 56.5 Å². The van der Waals surface area contributed by atoms with E-state index in [0.717, 1.165) is 0 Å². The van der Waals surface area contributed by atoms with Crippen molar-refractivity contribution >= 4 is 29.2 Å². The fourth-order valence-corrected chi connectivity index (χ4v) is 6.40. The van der Waals surface area contributed by atoms with Gasteiger partial charge in [0, 0.05) is 42.4 Å². The number of nitroso groups, excluding NO2 is 1. The maximum atomic E-state index is 13.8. The van der Waals surface area contributed by atoms with Gasteiger partial charge < -0.3 is 44.7 Å². The van der Waals surface area contributed by atoms with E-state index in [4.69, 9.17) is 18.9 Å². The molecule has 1 amide bonds. The van der Waals surface area contributed by atoms with Crippen LogP contribution in [0.3, 0.4) is 0 Å². The van der Waals surface area contributed by atoms with E-state index in [2.05, 4.69) is 10.5 Å². The van der Waals surface area contributed by atoms with Gasteiger partial charge in [0.15, 0.2) is 17.9 Å². The van der Waals surface area contributed by atoms with E-state index in [-0.39, 0.29) is 53.2 Å². The number of aromatic hydroxyl groups is 2. The number of hydrogen-bond donors (Lipinski definition) is 5. The van der Waals surface area contributed by atoms with Crippen LogP contribution in [0.25, 0.3) is 0 Å². The highest BCUT2D eigenvalue weighted by atomic mass is 16.7. The first-order valence-electron chi connectivity index (χ1n) is 15.1. The molecule has 2 aliphatic carbocycles. The zero-order valence-electron chi connectivity index (χ0n) is 26.2. The molecule has 3 aliphatic rings. The smallest absolute Gasteiger partial charge is 0.407 e. The molecule has 1 saturated heterocycles. The summed E-state index contributed by atoms with van der Waals surface area (Å²) < 4.78 is 22.2. The van der Waals surface area contributed by atoms with E-state index in [1.54, 1.807) is 0 Å². The summed E-state index contributed by atoms with van der Waals surface area (Å²) in [5, 5.41) is 50.4. The zero-order chi connectivity index (χ0) is 35.1. The van der Waals surface area contributed by atoms with Crippen molar-refractivity contribution < 1.29 is 63.3 Å². The van der Waals surface area contributed by atoms with Crippen molar-refractivity contribution in [3.63, 3.8) is 0 Å². The summed E-state index contributed by atoms with van der Waals surface area (Å²) in [4.78, 5) is 75.0. The number of alkyl carbamates (subject to hydrolysis) is 1. The molecule has 1 heterocycles. The Bertz CT molecular complexity index is 1710. The molecule has 2 aromatic rings. The summed E-state index contributed by atoms with van der Waals surface area (Å²) >= 11 is 0. The van der Waals surface area contributed by atoms with Gasteiger partial charge in [-0.15, -0.1) is 0 Å². The van der Waals surface area contributed by atoms with Gasteiger partial charge in [0.05, 0.1) is 42.0 Å². The van der Waals surface area contributed by atoms with E-state index in [0.29, 0.717) is 0 Å². The summed E-state index contributed by atoms with van der Waals surface area (Å²) in [6, 6.07) is 3.24. The monoisotopic (exact) mass is 670 g/mol. The first kappa shape index (κ1) is 34.6. The first-order chi connectivity index (χ1) is 22.7. The molecular formula is C32H34N2O14. The molecule has 16 nitrogen and oxygen atoms in total. The maximum absolute atomic E-state index is 13.8. The molecule has 0 radical (unpaired) electrons. The van der Waals surface area contributed by atoms with Crippen molar-refractivity contribution in [2.24, 2.45) is 5.18 Å². The zero-order valence-corrected chi connectivity index (χ0v) is 26.2. The average molecular weight is 671 g/mol. The predicted octanol–water partition coefficient (Wildman–Crippen LogP) is 1.52. The quantitative estimate of drug-likeness (QED) is 0.152. The van der Waals surface area contributed by atoms with Gasteiger partial charge in [-0.1, -0.05) is 17.3 Å². The van der Waals surface area contributed by atoms with Crippen LogP contribution in [0.15, 0.2) is 23.4 Å². The first-order valence-corrected chi connectivity index (χ1v) is 15.1. The fourth-order valence-electron chi connectivity index (χ4n) is 6.40. The van der Waals surface area contributed by atoms with Gasteiger partial charge in [0.2, 0.25) is 5.78 Å². The van der Waals surface area contributed by atoms with Gasteiger partial charge in [0.1, 0.15) is 47.9 Å². The van der Waals surface area contributed by atoms with Crippen molar-refractivity contribution in [1.29, 1.82) is 0 Å². The number of Topliss-reactive ketones (excluding diaryl/α,β-unsaturated/α-hetero) is 2. The van der Waals surface area contributed by atoms with E-state index in [1.165, 1.54) is 39.2 Å². The summed E-state index contributed by atoms with van der Waals surface area (Å²) in [7, 11) is 1.29. The molecule has 0 saturated carbocycles. The Morgan fingerprint density at radius 3 is 2.48 bits per heavy atom. The minimum atomic E-state index is -2.38. The largest absolute Gasteiger partial charge is 0.507 e. The van der Waals surface area contributed by atoms with Crippen LogP contribution in [0, 0.1) is 4.91 Å². The van der Waals surface area contributed by atoms with Gasteiger partial charge in [0.25, 0.3) is 0 Å². The van der Waals surface area contributed by atoms with Crippen LogP contribution in [-0.4, -0.2) is 100 Å². The molecule has 1 fully saturated rings. The van der Waals surface area contributed by atoms with E-state index < -0.39 is 102 Å². The number of ketones is 4. The normalized spacial score (nSPS) is 26.1. The van der Waals surface area contributed by atoms with Crippen molar-refractivity contribution in [3.8, 4) is 17.2 Å². The van der Waals surface area contributed by atoms with Gasteiger partial charge >= 0.3 is 6.09 Å². The molecule has 4 unspecified atom stereocenters. The predicted molar refractivity (Wildman–Crippen MR) is 161 cm³/mol. The van der Waals surface area contributed by atoms with Crippen molar-refractivity contribution in [2.75, 3.05) is 20.3 Å². The lowest BCUT2D eigenvalue weighted by molar-refractivity contribution is -0.249. The van der Waals surface area contributed by atoms with Gasteiger partial charge in [-0.3, -0.25) is 19.2 Å². The number of aliphatic hydroxyl groups is 2. The fraction of sp³-hybridized carbons (Fsp3) is 0.469. The van der Waals surface area contributed by atoms with Crippen LogP contribution >= 0.6 is 0 Å². The Hall–Kier alpha value is -4.77. The number of nitrogens with one attached hydrogen (secondary N) is 1. The minimum absolute atomic E-state index is 0.0132. The standard InChI is InChI=1S/C32H34N2O14/c1-13(35)7-8-46-31(42)34-17-9-21(47-14(2)26(17)37)48-19-11-32(43,20(36)12-33-44)10-16-23(19)30(41)25-24(28(16)39)27(38)15-5-4-6-18(45-3)22(15)29(25)40/h4-6,14,17,19,21,26,37,39,41,43H,7-12H2,1-3H3,(H,34,42)/t14?,17?,19-,21?,26?,32-/m0/s1. The Morgan fingerprint density at radius 2 is 1.81 bits per heavy atom. The average Bonchev–Trinajstić information content (AvgIpc) is 3.03. The highest BCUT2D eigenvalue weighted by molar-refractivity contribution is 6.31. The van der Waals surface area contributed by atoms with Crippen molar-refractivity contribution in [2.45, 2.75) is 75.8 Å². The number of fused-ring (bicyclic) bond motifs is 3. The molecule has 16 heteroatoms. The number of methoxy groups -OCH3 is 1. The summed E-state index contributed by atoms with van der Waals surface area (Å²) in [6.07, 6.45) is -7.44. The highest BCUT2D eigenvalue weighted by Crippen LogP contribution is 2.52. The third-order valence-corrected chi connectivity index (χ3v) is 8.82. The van der Waals surface area contributed by atoms with E-state index in [9.17, 15) is 49.3 Å². The van der Waals surface area contributed by atoms with Crippen LogP contribution in [-0.2, 0) is 30.2 Å². The topological polar surface area (TPSA) is 245 Å². The third-order valence-electron chi connectivity index (χ3n) is 8.82. The second kappa shape index (κ2) is 13.4. The lowest BCUT2D eigenvalue weighted by Crippen LogP contribution is -2.56. The van der Waals surface area contributed by atoms with Crippen LogP contribution in [0.5, 0.6) is 17.2 Å². The molecule has 6 atom stereocenters. The SMILES string of the molecule is COc1cccc2c1C(=O)c1c(O)c3c(c(O)c1C2=O)C[C@@](O)(C(=O)CN=O)C[C@@H]3OC1CC(NC(=O)OCCC(C)=O)C(O)C(C)O1. The van der Waals surface area contributed by atoms with Gasteiger partial charge in [-0.05, 0) is 19.9 Å². The Morgan fingerprint density at radius 1 is 1.10 bits per heavy atom. The Labute approximate surface area is 272 Å². The number of nitrogens with zero attached hydrogens (tertiary/aromatic N) is 1. The molecule has 5 rings (SSSR count). The lowest BCUT2D eigenvalue weighted by atomic mass is 9.71. The number of ether oxygens (including phenoxy) is 4. The number of phenols is 2. The van der Waals surface area contributed by atoms with Crippen LogP contribution < -0.4 is 10.1 Å². The molecule has 256 valence electrons. The number of aliphatic hydroxyl groups excluding tert-OH is 1. The number of hydrogen-bond acceptors (Lipinski definition) is 15. The molecule has 1 aliphatic heterocycles. The molecular weight excluding hydrogens is 636 g/mol. The van der Waals surface area contributed by atoms with Crippen molar-refractivity contribution in [1.82, 2.24) is 5.32 Å². The van der Waals surface area contributed by atoms with Crippen LogP contribution in [0.4, 0.5) is 4.79 Å². The van der Waals surface area contributed by atoms with Gasteiger partial charge in [-0.2, -0.15) is 4.91 Å². The number of benzene rings is 2. The number of carbonyl (C=O) groups is 5. The molecule has 0 bridgehead atoms. The second-order valence-corrected chi connectivity index (χ2v) is 12.0. The molecule has 2 aromatic carbocycles. The second-order valence-electron chi connectivity index (χ2n) is 12.0. The highest BCUT2D eigenvalue weighted by Gasteiger charge is 2.50. The van der Waals surface area contributed by atoms with Crippen LogP contribution in [0.2, 0.25) is 0 Å². The molecule has 0 aromatic heterocycles. The van der Waals surface area contributed by atoms with Gasteiger partial charge in [-0.25, -0.2) is 4.79 Å². The minimum Gasteiger partial charge on any atom is -0.507 e. The number of carbonyl (C=O) groups excluding carboxylic acids is 5. The number of rotatable bonds is 10. The number of phenolic OH excluding ortho intramolecular Hbond substituents is 2. The van der Waals surface area contributed by atoms with E-state index in [1.807, 2.05) is 0 Å². The summed E-state index contributed by atoms with van der Waals surface area (Å²) in [6.45, 7) is 1.68. The van der Waals surface area contributed by atoms with E-state index >= 15 is 0 Å². The third kappa shape index (κ3) is 6.14. The molecule has 48 heavy (non-hydrogen) atoms. The van der Waals surface area contributed by atoms with Crippen LogP contribution in [0.1, 0.15) is 82.2 Å². The molecule has 0 spiro atoms. The summed E-state index contributed by atoms with van der Waals surface area (Å²) in [5.41, 5.74) is -4.25.